The van der Waals surface area contributed by atoms with Crippen LogP contribution in [0.1, 0.15) is 35.7 Å². The molecule has 0 unspecified atom stereocenters. The van der Waals surface area contributed by atoms with Crippen molar-refractivity contribution in [2.24, 2.45) is 0 Å². The maximum absolute atomic E-state index is 12.6. The average Bonchev–Trinajstić information content (AvgIpc) is 2.46. The highest BCUT2D eigenvalue weighted by Crippen LogP contribution is 2.22. The van der Waals surface area contributed by atoms with Gasteiger partial charge in [0.1, 0.15) is 0 Å². The lowest BCUT2D eigenvalue weighted by Gasteiger charge is -2.28. The van der Waals surface area contributed by atoms with Crippen LogP contribution >= 0.6 is 0 Å². The summed E-state index contributed by atoms with van der Waals surface area (Å²) in [6.45, 7) is 4.06. The zero-order valence-corrected chi connectivity index (χ0v) is 13.8. The number of hydrogen-bond donors (Lipinski definition) is 1. The number of carbonyl (C=O) groups excluding carboxylic acids is 1. The lowest BCUT2D eigenvalue weighted by molar-refractivity contribution is 0.0173. The van der Waals surface area contributed by atoms with Crippen LogP contribution in [0.5, 0.6) is 0 Å². The average molecular weight is 327 g/mol. The van der Waals surface area contributed by atoms with Gasteiger partial charge in [0.25, 0.3) is 0 Å². The van der Waals surface area contributed by atoms with Gasteiger partial charge in [-0.25, -0.2) is 17.9 Å². The van der Waals surface area contributed by atoms with E-state index in [2.05, 4.69) is 9.46 Å². The maximum atomic E-state index is 12.6. The van der Waals surface area contributed by atoms with E-state index in [1.807, 2.05) is 6.92 Å². The first-order valence-electron chi connectivity index (χ1n) is 7.17. The van der Waals surface area contributed by atoms with Gasteiger partial charge in [0, 0.05) is 12.6 Å². The van der Waals surface area contributed by atoms with Gasteiger partial charge in [0.2, 0.25) is 10.0 Å². The third-order valence-corrected chi connectivity index (χ3v) is 5.45. The molecule has 1 aromatic carbocycles. The summed E-state index contributed by atoms with van der Waals surface area (Å²) in [5.74, 6) is -0.547. The number of ether oxygens (including phenoxy) is 2. The monoisotopic (exact) mass is 327 g/mol. The molecule has 1 fully saturated rings. The van der Waals surface area contributed by atoms with Gasteiger partial charge in [-0.1, -0.05) is 6.07 Å². The van der Waals surface area contributed by atoms with Crippen LogP contribution in [-0.4, -0.2) is 40.2 Å². The fourth-order valence-electron chi connectivity index (χ4n) is 2.62. The van der Waals surface area contributed by atoms with Gasteiger partial charge < -0.3 is 9.47 Å². The molecule has 6 nitrogen and oxygen atoms in total. The van der Waals surface area contributed by atoms with E-state index in [9.17, 15) is 13.2 Å². The Balaban J connectivity index is 2.28. The number of hydrogen-bond acceptors (Lipinski definition) is 5. The Labute approximate surface area is 130 Å². The molecule has 7 heteroatoms. The van der Waals surface area contributed by atoms with Gasteiger partial charge >= 0.3 is 5.97 Å². The molecular weight excluding hydrogens is 306 g/mol. The van der Waals surface area contributed by atoms with E-state index in [1.165, 1.54) is 13.2 Å². The molecule has 1 N–H and O–H groups in total. The summed E-state index contributed by atoms with van der Waals surface area (Å²) in [7, 11) is -2.42. The Morgan fingerprint density at radius 3 is 2.77 bits per heavy atom. The molecule has 1 saturated heterocycles. The van der Waals surface area contributed by atoms with Crippen LogP contribution in [0.15, 0.2) is 23.1 Å². The molecule has 22 heavy (non-hydrogen) atoms. The third kappa shape index (κ3) is 3.66. The summed E-state index contributed by atoms with van der Waals surface area (Å²) in [5, 5.41) is 0. The largest absolute Gasteiger partial charge is 0.465 e. The predicted molar refractivity (Wildman–Crippen MR) is 81.3 cm³/mol. The van der Waals surface area contributed by atoms with Crippen molar-refractivity contribution >= 4 is 16.0 Å². The van der Waals surface area contributed by atoms with Gasteiger partial charge in [-0.2, -0.15) is 0 Å². The van der Waals surface area contributed by atoms with Gasteiger partial charge in [0.05, 0.1) is 23.7 Å². The predicted octanol–water partition coefficient (Wildman–Crippen LogP) is 1.63. The fraction of sp³-hybridized carbons (Fsp3) is 0.533. The highest BCUT2D eigenvalue weighted by atomic mass is 32.2. The number of nitrogens with one attached hydrogen (secondary N) is 1. The van der Waals surface area contributed by atoms with Crippen LogP contribution in [0.4, 0.5) is 0 Å². The van der Waals surface area contributed by atoms with Crippen molar-refractivity contribution in [1.82, 2.24) is 4.72 Å². The lowest BCUT2D eigenvalue weighted by Crippen LogP contribution is -2.41. The topological polar surface area (TPSA) is 81.7 Å². The van der Waals surface area contributed by atoms with E-state index in [0.29, 0.717) is 25.0 Å². The Hall–Kier alpha value is -1.44. The molecular formula is C15H21NO5S. The van der Waals surface area contributed by atoms with Crippen molar-refractivity contribution in [2.45, 2.75) is 43.7 Å². The quantitative estimate of drug-likeness (QED) is 0.850. The standard InChI is InChI=1S/C15H21NO5S/c1-10-9-12(7-8-21-10)16-22(18,19)14-6-4-5-13(11(14)2)15(17)20-3/h4-6,10,12,16H,7-9H2,1-3H3/t10-,12-/m1/s1. The summed E-state index contributed by atoms with van der Waals surface area (Å²) in [4.78, 5) is 11.8. The minimum absolute atomic E-state index is 0.0314. The van der Waals surface area contributed by atoms with Gasteiger partial charge in [-0.15, -0.1) is 0 Å². The van der Waals surface area contributed by atoms with Gasteiger partial charge in [-0.05, 0) is 44.4 Å². The Bertz CT molecular complexity index is 656. The lowest BCUT2D eigenvalue weighted by atomic mass is 10.1. The molecule has 1 aromatic rings. The first-order valence-corrected chi connectivity index (χ1v) is 8.65. The fourth-order valence-corrected chi connectivity index (χ4v) is 4.18. The molecule has 0 spiro atoms. The molecule has 0 aromatic heterocycles. The van der Waals surface area contributed by atoms with Crippen molar-refractivity contribution in [3.8, 4) is 0 Å². The van der Waals surface area contributed by atoms with Gasteiger partial charge in [0.15, 0.2) is 0 Å². The molecule has 1 aliphatic heterocycles. The second-order valence-corrected chi connectivity index (χ2v) is 7.13. The van der Waals surface area contributed by atoms with E-state index in [4.69, 9.17) is 4.74 Å². The number of benzene rings is 1. The van der Waals surface area contributed by atoms with Crippen LogP contribution in [0.25, 0.3) is 0 Å². The zero-order chi connectivity index (χ0) is 16.3. The van der Waals surface area contributed by atoms with Crippen molar-refractivity contribution in [1.29, 1.82) is 0 Å². The number of esters is 1. The molecule has 2 atom stereocenters. The molecule has 0 amide bonds. The summed E-state index contributed by atoms with van der Waals surface area (Å²) in [6, 6.07) is 4.43. The van der Waals surface area contributed by atoms with E-state index >= 15 is 0 Å². The highest BCUT2D eigenvalue weighted by Gasteiger charge is 2.27. The zero-order valence-electron chi connectivity index (χ0n) is 13.0. The molecule has 0 saturated carbocycles. The minimum Gasteiger partial charge on any atom is -0.465 e. The molecule has 122 valence electrons. The van der Waals surface area contributed by atoms with Crippen molar-refractivity contribution in [3.63, 3.8) is 0 Å². The second kappa shape index (κ2) is 6.76. The third-order valence-electron chi connectivity index (χ3n) is 3.79. The van der Waals surface area contributed by atoms with Gasteiger partial charge in [-0.3, -0.25) is 0 Å². The normalized spacial score (nSPS) is 22.3. The van der Waals surface area contributed by atoms with E-state index < -0.39 is 16.0 Å². The summed E-state index contributed by atoms with van der Waals surface area (Å²) in [5.41, 5.74) is 0.646. The van der Waals surface area contributed by atoms with E-state index in [0.717, 1.165) is 0 Å². The highest BCUT2D eigenvalue weighted by molar-refractivity contribution is 7.89. The molecule has 1 heterocycles. The molecule has 1 aliphatic rings. The number of methoxy groups -OCH3 is 1. The SMILES string of the molecule is COC(=O)c1cccc(S(=O)(=O)N[C@@H]2CCO[C@H](C)C2)c1C. The van der Waals surface area contributed by atoms with Crippen LogP contribution in [0.2, 0.25) is 0 Å². The first-order chi connectivity index (χ1) is 10.3. The van der Waals surface area contributed by atoms with Crippen LogP contribution < -0.4 is 4.72 Å². The Morgan fingerprint density at radius 1 is 1.41 bits per heavy atom. The summed E-state index contributed by atoms with van der Waals surface area (Å²) < 4.78 is 38.0. The maximum Gasteiger partial charge on any atom is 0.338 e. The van der Waals surface area contributed by atoms with Crippen molar-refractivity contribution in [3.05, 3.63) is 29.3 Å². The molecule has 0 bridgehead atoms. The number of sulfonamides is 1. The molecule has 0 aliphatic carbocycles. The van der Waals surface area contributed by atoms with Crippen LogP contribution in [0.3, 0.4) is 0 Å². The Morgan fingerprint density at radius 2 is 2.14 bits per heavy atom. The minimum atomic E-state index is -3.69. The summed E-state index contributed by atoms with van der Waals surface area (Å²) >= 11 is 0. The smallest absolute Gasteiger partial charge is 0.338 e. The van der Waals surface area contributed by atoms with Crippen molar-refractivity contribution in [2.75, 3.05) is 13.7 Å². The summed E-state index contributed by atoms with van der Waals surface area (Å²) in [6.07, 6.45) is 1.30. The first kappa shape index (κ1) is 16.9. The molecule has 0 radical (unpaired) electrons. The number of carbonyl (C=O) groups is 1. The Kier molecular flexibility index (Phi) is 5.20. The second-order valence-electron chi connectivity index (χ2n) is 5.44. The van der Waals surface area contributed by atoms with Crippen molar-refractivity contribution < 1.29 is 22.7 Å². The molecule has 2 rings (SSSR count). The van der Waals surface area contributed by atoms with Crippen LogP contribution in [-0.2, 0) is 19.5 Å². The van der Waals surface area contributed by atoms with E-state index in [-0.39, 0.29) is 22.6 Å². The van der Waals surface area contributed by atoms with E-state index in [1.54, 1.807) is 19.1 Å². The van der Waals surface area contributed by atoms with Crippen LogP contribution in [0, 0.1) is 6.92 Å². The number of rotatable bonds is 4.